The van der Waals surface area contributed by atoms with Crippen molar-refractivity contribution in [2.24, 2.45) is 5.73 Å². The van der Waals surface area contributed by atoms with Gasteiger partial charge in [0.2, 0.25) is 0 Å². The van der Waals surface area contributed by atoms with Gasteiger partial charge in [0.1, 0.15) is 0 Å². The summed E-state index contributed by atoms with van der Waals surface area (Å²) >= 11 is 0. The molecule has 0 spiro atoms. The van der Waals surface area contributed by atoms with Crippen LogP contribution in [-0.2, 0) is 5.41 Å². The molecule has 1 aliphatic rings. The first kappa shape index (κ1) is 9.59. The smallest absolute Gasteiger partial charge is 0.0690 e. The summed E-state index contributed by atoms with van der Waals surface area (Å²) in [4.78, 5) is 8.76. The minimum Gasteiger partial charge on any atom is -0.330 e. The molecule has 0 aliphatic heterocycles. The summed E-state index contributed by atoms with van der Waals surface area (Å²) in [5.41, 5.74) is 8.19. The van der Waals surface area contributed by atoms with Crippen LogP contribution in [0.3, 0.4) is 0 Å². The number of aromatic nitrogens is 2. The summed E-state index contributed by atoms with van der Waals surface area (Å²) in [7, 11) is 0. The predicted octanol–water partition coefficient (Wildman–Crippen LogP) is 1.56. The van der Waals surface area contributed by atoms with Gasteiger partial charge in [-0.2, -0.15) is 0 Å². The highest BCUT2D eigenvalue weighted by Gasteiger charge is 2.36. The molecule has 3 heteroatoms. The van der Waals surface area contributed by atoms with Gasteiger partial charge in [-0.25, -0.2) is 0 Å². The third-order valence-electron chi connectivity index (χ3n) is 3.33. The normalized spacial score (nSPS) is 19.9. The topological polar surface area (TPSA) is 51.8 Å². The second kappa shape index (κ2) is 3.65. The second-order valence-corrected chi connectivity index (χ2v) is 4.18. The van der Waals surface area contributed by atoms with Crippen LogP contribution in [0.2, 0.25) is 0 Å². The van der Waals surface area contributed by atoms with Crippen molar-refractivity contribution in [3.8, 4) is 0 Å². The number of aryl methyl sites for hydroxylation is 1. The standard InChI is InChI=1S/C11H17N3/c1-9-10(14-7-6-13-9)11(8-12)4-2-3-5-11/h6-7H,2-5,8,12H2,1H3. The fraction of sp³-hybridized carbons (Fsp3) is 0.636. The zero-order chi connectivity index (χ0) is 10.0. The fourth-order valence-electron chi connectivity index (χ4n) is 2.52. The molecule has 0 bridgehead atoms. The maximum absolute atomic E-state index is 5.90. The molecule has 76 valence electrons. The molecular formula is C11H17N3. The highest BCUT2D eigenvalue weighted by molar-refractivity contribution is 5.23. The van der Waals surface area contributed by atoms with Crippen LogP contribution in [0.5, 0.6) is 0 Å². The minimum absolute atomic E-state index is 0.123. The molecule has 1 heterocycles. The summed E-state index contributed by atoms with van der Waals surface area (Å²) in [6.45, 7) is 2.73. The average molecular weight is 191 g/mol. The van der Waals surface area contributed by atoms with E-state index >= 15 is 0 Å². The third-order valence-corrected chi connectivity index (χ3v) is 3.33. The maximum atomic E-state index is 5.90. The van der Waals surface area contributed by atoms with Gasteiger partial charge in [0, 0.05) is 24.4 Å². The van der Waals surface area contributed by atoms with E-state index in [1.54, 1.807) is 12.4 Å². The van der Waals surface area contributed by atoms with Crippen molar-refractivity contribution in [3.05, 3.63) is 23.8 Å². The molecule has 3 nitrogen and oxygen atoms in total. The Morgan fingerprint density at radius 3 is 2.50 bits per heavy atom. The average Bonchev–Trinajstić information content (AvgIpc) is 2.68. The first-order valence-electron chi connectivity index (χ1n) is 5.27. The maximum Gasteiger partial charge on any atom is 0.0690 e. The summed E-state index contributed by atoms with van der Waals surface area (Å²) in [5.74, 6) is 0. The Bertz CT molecular complexity index is 316. The van der Waals surface area contributed by atoms with Crippen molar-refractivity contribution in [2.75, 3.05) is 6.54 Å². The van der Waals surface area contributed by atoms with E-state index in [4.69, 9.17) is 5.73 Å². The molecule has 14 heavy (non-hydrogen) atoms. The van der Waals surface area contributed by atoms with Crippen LogP contribution in [0.1, 0.15) is 37.1 Å². The second-order valence-electron chi connectivity index (χ2n) is 4.18. The number of nitrogens with zero attached hydrogens (tertiary/aromatic N) is 2. The third kappa shape index (κ3) is 1.42. The molecule has 0 atom stereocenters. The molecule has 1 fully saturated rings. The highest BCUT2D eigenvalue weighted by Crippen LogP contribution is 2.39. The van der Waals surface area contributed by atoms with Gasteiger partial charge in [-0.1, -0.05) is 12.8 Å². The Hall–Kier alpha value is -0.960. The van der Waals surface area contributed by atoms with E-state index in [-0.39, 0.29) is 5.41 Å². The van der Waals surface area contributed by atoms with Gasteiger partial charge in [-0.15, -0.1) is 0 Å². The van der Waals surface area contributed by atoms with Crippen molar-refractivity contribution in [3.63, 3.8) is 0 Å². The molecule has 0 saturated heterocycles. The van der Waals surface area contributed by atoms with E-state index in [0.29, 0.717) is 6.54 Å². The van der Waals surface area contributed by atoms with E-state index in [9.17, 15) is 0 Å². The lowest BCUT2D eigenvalue weighted by molar-refractivity contribution is 0.434. The lowest BCUT2D eigenvalue weighted by Gasteiger charge is -2.27. The van der Waals surface area contributed by atoms with Gasteiger partial charge in [0.25, 0.3) is 0 Å². The summed E-state index contributed by atoms with van der Waals surface area (Å²) in [5, 5.41) is 0. The van der Waals surface area contributed by atoms with E-state index < -0.39 is 0 Å². The molecule has 1 saturated carbocycles. The lowest BCUT2D eigenvalue weighted by atomic mass is 9.81. The number of nitrogens with two attached hydrogens (primary N) is 1. The Labute approximate surface area is 84.8 Å². The molecule has 0 unspecified atom stereocenters. The molecule has 1 aromatic rings. The van der Waals surface area contributed by atoms with Crippen molar-refractivity contribution in [2.45, 2.75) is 38.0 Å². The first-order valence-corrected chi connectivity index (χ1v) is 5.27. The lowest BCUT2D eigenvalue weighted by Crippen LogP contribution is -2.34. The molecule has 1 aliphatic carbocycles. The largest absolute Gasteiger partial charge is 0.330 e. The molecule has 0 radical (unpaired) electrons. The van der Waals surface area contributed by atoms with E-state index in [1.807, 2.05) is 6.92 Å². The Morgan fingerprint density at radius 1 is 1.29 bits per heavy atom. The van der Waals surface area contributed by atoms with Gasteiger partial charge >= 0.3 is 0 Å². The van der Waals surface area contributed by atoms with E-state index in [1.165, 1.54) is 25.7 Å². The van der Waals surface area contributed by atoms with Crippen molar-refractivity contribution in [1.29, 1.82) is 0 Å². The van der Waals surface area contributed by atoms with Crippen molar-refractivity contribution in [1.82, 2.24) is 9.97 Å². The minimum atomic E-state index is 0.123. The zero-order valence-electron chi connectivity index (χ0n) is 8.66. The predicted molar refractivity (Wildman–Crippen MR) is 56.0 cm³/mol. The number of hydrogen-bond donors (Lipinski definition) is 1. The Morgan fingerprint density at radius 2 is 1.93 bits per heavy atom. The Balaban J connectivity index is 2.41. The fourth-order valence-corrected chi connectivity index (χ4v) is 2.52. The van der Waals surface area contributed by atoms with E-state index in [0.717, 1.165) is 11.4 Å². The quantitative estimate of drug-likeness (QED) is 0.771. The number of rotatable bonds is 2. The van der Waals surface area contributed by atoms with Crippen LogP contribution < -0.4 is 5.73 Å². The van der Waals surface area contributed by atoms with Gasteiger partial charge in [0.15, 0.2) is 0 Å². The summed E-state index contributed by atoms with van der Waals surface area (Å²) in [6, 6.07) is 0. The zero-order valence-corrected chi connectivity index (χ0v) is 8.66. The molecule has 2 rings (SSSR count). The highest BCUT2D eigenvalue weighted by atomic mass is 14.8. The van der Waals surface area contributed by atoms with Crippen LogP contribution >= 0.6 is 0 Å². The molecule has 0 amide bonds. The van der Waals surface area contributed by atoms with Gasteiger partial charge in [-0.3, -0.25) is 9.97 Å². The summed E-state index contributed by atoms with van der Waals surface area (Å²) < 4.78 is 0. The van der Waals surface area contributed by atoms with Gasteiger partial charge < -0.3 is 5.73 Å². The van der Waals surface area contributed by atoms with Crippen LogP contribution in [-0.4, -0.2) is 16.5 Å². The SMILES string of the molecule is Cc1nccnc1C1(CN)CCCC1. The van der Waals surface area contributed by atoms with Gasteiger partial charge in [0.05, 0.1) is 11.4 Å². The Kier molecular flexibility index (Phi) is 2.50. The monoisotopic (exact) mass is 191 g/mol. The van der Waals surface area contributed by atoms with Gasteiger partial charge in [-0.05, 0) is 19.8 Å². The van der Waals surface area contributed by atoms with Crippen LogP contribution in [0.15, 0.2) is 12.4 Å². The van der Waals surface area contributed by atoms with Crippen LogP contribution in [0, 0.1) is 6.92 Å². The van der Waals surface area contributed by atoms with Crippen molar-refractivity contribution >= 4 is 0 Å². The summed E-state index contributed by atoms with van der Waals surface area (Å²) in [6.07, 6.45) is 8.41. The molecule has 0 aromatic carbocycles. The number of hydrogen-bond acceptors (Lipinski definition) is 3. The molecular weight excluding hydrogens is 174 g/mol. The van der Waals surface area contributed by atoms with E-state index in [2.05, 4.69) is 9.97 Å². The van der Waals surface area contributed by atoms with Crippen molar-refractivity contribution < 1.29 is 0 Å². The molecule has 2 N–H and O–H groups in total. The van der Waals surface area contributed by atoms with Crippen LogP contribution in [0.25, 0.3) is 0 Å². The van der Waals surface area contributed by atoms with Crippen LogP contribution in [0.4, 0.5) is 0 Å². The first-order chi connectivity index (χ1) is 6.78. The molecule has 1 aromatic heterocycles.